The van der Waals surface area contributed by atoms with Crippen LogP contribution in [0.5, 0.6) is 0 Å². The molecule has 2 heteroatoms. The minimum absolute atomic E-state index is 0.897. The average Bonchev–Trinajstić information content (AvgIpc) is 3.84. The smallest absolute Gasteiger partial charge is 0.143 e. The van der Waals surface area contributed by atoms with Crippen LogP contribution in [-0.4, -0.2) is 0 Å². The van der Waals surface area contributed by atoms with Crippen LogP contribution < -0.4 is 0 Å². The molecule has 0 aliphatic carbocycles. The maximum absolute atomic E-state index is 6.64. The van der Waals surface area contributed by atoms with Gasteiger partial charge in [0, 0.05) is 32.7 Å². The summed E-state index contributed by atoms with van der Waals surface area (Å²) in [5, 5.41) is 11.7. The number of hydrogen-bond acceptors (Lipinski definition) is 2. The molecule has 0 radical (unpaired) electrons. The highest BCUT2D eigenvalue weighted by molar-refractivity contribution is 6.22. The molecule has 0 amide bonds. The first kappa shape index (κ1) is 31.0. The summed E-state index contributed by atoms with van der Waals surface area (Å²) in [7, 11) is 0. The molecule has 0 saturated heterocycles. The molecular weight excluding hydrogens is 681 g/mol. The fraction of sp³-hybridized carbons (Fsp3) is 0. The molecule has 0 spiro atoms. The summed E-state index contributed by atoms with van der Waals surface area (Å²) in [6, 6.07) is 69.9. The number of hydrogen-bond donors (Lipinski definition) is 0. The zero-order valence-electron chi connectivity index (χ0n) is 30.3. The Balaban J connectivity index is 1.18. The third kappa shape index (κ3) is 4.63. The van der Waals surface area contributed by atoms with E-state index in [1.807, 2.05) is 12.1 Å². The highest BCUT2D eigenvalue weighted by Gasteiger charge is 2.20. The van der Waals surface area contributed by atoms with Crippen molar-refractivity contribution < 1.29 is 8.83 Å². The Bertz CT molecular complexity index is 3360. The Morgan fingerprint density at radius 3 is 1.30 bits per heavy atom. The van der Waals surface area contributed by atoms with Gasteiger partial charge in [-0.05, 0) is 96.0 Å². The summed E-state index contributed by atoms with van der Waals surface area (Å²) in [4.78, 5) is 0. The van der Waals surface area contributed by atoms with Gasteiger partial charge in [0.1, 0.15) is 22.3 Å². The van der Waals surface area contributed by atoms with E-state index in [0.717, 1.165) is 66.1 Å². The summed E-state index contributed by atoms with van der Waals surface area (Å²) in [6.45, 7) is 0. The molecule has 0 bridgehead atoms. The Morgan fingerprint density at radius 1 is 0.250 bits per heavy atom. The molecule has 260 valence electrons. The molecule has 0 aliphatic rings. The van der Waals surface area contributed by atoms with Gasteiger partial charge in [-0.25, -0.2) is 0 Å². The first-order valence-corrected chi connectivity index (χ1v) is 19.2. The third-order valence-corrected chi connectivity index (χ3v) is 11.7. The molecule has 12 rings (SSSR count). The second kappa shape index (κ2) is 12.0. The summed E-state index contributed by atoms with van der Waals surface area (Å²) in [6.07, 6.45) is 0. The molecule has 2 heterocycles. The Kier molecular flexibility index (Phi) is 6.66. The van der Waals surface area contributed by atoms with Crippen LogP contribution in [0.1, 0.15) is 0 Å². The van der Waals surface area contributed by atoms with E-state index in [2.05, 4.69) is 182 Å². The van der Waals surface area contributed by atoms with Crippen LogP contribution in [0.15, 0.2) is 203 Å². The van der Waals surface area contributed by atoms with Gasteiger partial charge >= 0.3 is 0 Å². The molecule has 0 N–H and O–H groups in total. The SMILES string of the molecule is c1ccc(-c2ccc3ccc(-c4c5cccc(-c6cccc7c6oc6ccccc67)c5cc5c(-c6cccc7c6oc6ccccc67)cccc45)cc3c2)cc1. The van der Waals surface area contributed by atoms with Crippen molar-refractivity contribution in [2.45, 2.75) is 0 Å². The van der Waals surface area contributed by atoms with Crippen molar-refractivity contribution in [1.82, 2.24) is 0 Å². The summed E-state index contributed by atoms with van der Waals surface area (Å²) < 4.78 is 13.3. The van der Waals surface area contributed by atoms with E-state index in [1.165, 1.54) is 54.6 Å². The van der Waals surface area contributed by atoms with Crippen LogP contribution in [0.25, 0.3) is 121 Å². The van der Waals surface area contributed by atoms with E-state index < -0.39 is 0 Å². The van der Waals surface area contributed by atoms with E-state index in [-0.39, 0.29) is 0 Å². The second-order valence-electron chi connectivity index (χ2n) is 14.8. The molecule has 0 saturated carbocycles. The van der Waals surface area contributed by atoms with Crippen LogP contribution in [0, 0.1) is 0 Å². The van der Waals surface area contributed by atoms with E-state index in [1.54, 1.807) is 0 Å². The summed E-state index contributed by atoms with van der Waals surface area (Å²) >= 11 is 0. The van der Waals surface area contributed by atoms with E-state index in [9.17, 15) is 0 Å². The van der Waals surface area contributed by atoms with Crippen LogP contribution in [-0.2, 0) is 0 Å². The maximum Gasteiger partial charge on any atom is 0.143 e. The van der Waals surface area contributed by atoms with Crippen molar-refractivity contribution >= 4 is 76.2 Å². The number of rotatable bonds is 4. The molecule has 0 fully saturated rings. The Hall–Kier alpha value is -7.42. The molecule has 2 aromatic heterocycles. The van der Waals surface area contributed by atoms with Crippen LogP contribution >= 0.6 is 0 Å². The van der Waals surface area contributed by atoms with Crippen LogP contribution in [0.2, 0.25) is 0 Å². The lowest BCUT2D eigenvalue weighted by atomic mass is 9.85. The van der Waals surface area contributed by atoms with Gasteiger partial charge in [0.2, 0.25) is 0 Å². The van der Waals surface area contributed by atoms with Crippen molar-refractivity contribution in [3.8, 4) is 44.5 Å². The number of furan rings is 2. The quantitative estimate of drug-likeness (QED) is 0.170. The standard InChI is InChI=1S/C54H32O2/c1-2-12-33(13-3-1)35-28-26-34-27-29-36(31-37(34)30-35)52-42-18-8-16-38(44-20-10-22-46-40-14-4-6-24-50(40)55-53(44)46)48(42)32-49-39(17-9-19-43(49)52)45-21-11-23-47-41-15-5-7-25-51(41)56-54(45)47/h1-32H. The van der Waals surface area contributed by atoms with Gasteiger partial charge in [-0.3, -0.25) is 0 Å². The molecular formula is C54H32O2. The van der Waals surface area contributed by atoms with Gasteiger partial charge < -0.3 is 8.83 Å². The van der Waals surface area contributed by atoms with Gasteiger partial charge in [-0.1, -0.05) is 164 Å². The highest BCUT2D eigenvalue weighted by Crippen LogP contribution is 2.47. The number of para-hydroxylation sites is 4. The molecule has 0 atom stereocenters. The minimum Gasteiger partial charge on any atom is -0.455 e. The predicted molar refractivity (Wildman–Crippen MR) is 235 cm³/mol. The minimum atomic E-state index is 0.897. The second-order valence-corrected chi connectivity index (χ2v) is 14.8. The zero-order valence-corrected chi connectivity index (χ0v) is 30.3. The van der Waals surface area contributed by atoms with E-state index in [4.69, 9.17) is 8.83 Å². The summed E-state index contributed by atoms with van der Waals surface area (Å²) in [5.41, 5.74) is 12.9. The van der Waals surface area contributed by atoms with Gasteiger partial charge in [0.25, 0.3) is 0 Å². The molecule has 0 aliphatic heterocycles. The van der Waals surface area contributed by atoms with Crippen molar-refractivity contribution in [3.05, 3.63) is 194 Å². The Labute approximate surface area is 322 Å². The van der Waals surface area contributed by atoms with Gasteiger partial charge in [-0.15, -0.1) is 0 Å². The Morgan fingerprint density at radius 2 is 0.714 bits per heavy atom. The van der Waals surface area contributed by atoms with Crippen LogP contribution in [0.4, 0.5) is 0 Å². The van der Waals surface area contributed by atoms with Gasteiger partial charge in [-0.2, -0.15) is 0 Å². The first-order valence-electron chi connectivity index (χ1n) is 19.2. The fourth-order valence-electron chi connectivity index (χ4n) is 9.08. The lowest BCUT2D eigenvalue weighted by Crippen LogP contribution is -1.91. The topological polar surface area (TPSA) is 26.3 Å². The van der Waals surface area contributed by atoms with Crippen molar-refractivity contribution in [2.24, 2.45) is 0 Å². The van der Waals surface area contributed by atoms with Crippen LogP contribution in [0.3, 0.4) is 0 Å². The average molecular weight is 713 g/mol. The largest absolute Gasteiger partial charge is 0.455 e. The maximum atomic E-state index is 6.64. The normalized spacial score (nSPS) is 11.9. The van der Waals surface area contributed by atoms with E-state index in [0.29, 0.717) is 0 Å². The number of fused-ring (bicyclic) bond motifs is 9. The molecule has 10 aromatic carbocycles. The zero-order chi connectivity index (χ0) is 36.7. The molecule has 12 aromatic rings. The van der Waals surface area contributed by atoms with E-state index >= 15 is 0 Å². The molecule has 56 heavy (non-hydrogen) atoms. The lowest BCUT2D eigenvalue weighted by molar-refractivity contribution is 0.669. The molecule has 2 nitrogen and oxygen atoms in total. The van der Waals surface area contributed by atoms with Gasteiger partial charge in [0.15, 0.2) is 0 Å². The fourth-order valence-corrected chi connectivity index (χ4v) is 9.08. The predicted octanol–water partition coefficient (Wildman–Crippen LogP) is 15.6. The van der Waals surface area contributed by atoms with Crippen molar-refractivity contribution in [1.29, 1.82) is 0 Å². The van der Waals surface area contributed by atoms with Gasteiger partial charge in [0.05, 0.1) is 0 Å². The number of benzene rings is 10. The third-order valence-electron chi connectivity index (χ3n) is 11.7. The highest BCUT2D eigenvalue weighted by atomic mass is 16.3. The molecule has 0 unspecified atom stereocenters. The first-order chi connectivity index (χ1) is 27.8. The van der Waals surface area contributed by atoms with Crippen molar-refractivity contribution in [2.75, 3.05) is 0 Å². The summed E-state index contributed by atoms with van der Waals surface area (Å²) in [5.74, 6) is 0. The van der Waals surface area contributed by atoms with Crippen molar-refractivity contribution in [3.63, 3.8) is 0 Å². The monoisotopic (exact) mass is 712 g/mol. The lowest BCUT2D eigenvalue weighted by Gasteiger charge is -2.18.